The molecule has 0 saturated carbocycles. The third-order valence-corrected chi connectivity index (χ3v) is 7.49. The largest absolute Gasteiger partial charge is 0.368 e. The molecule has 0 atom stereocenters. The zero-order valence-electron chi connectivity index (χ0n) is 17.8. The standard InChI is InChI=1S/C24H27N3O2S2/c1-18(28)19-6-8-22(9-7-19)25-12-14-26(15-13-25)23(29)17-31-24(30)27-11-10-20-4-2-3-5-21(20)16-27/h2-9H,10-17H2,1H3. The predicted octanol–water partition coefficient (Wildman–Crippen LogP) is 3.61. The van der Waals surface area contributed by atoms with Crippen LogP contribution in [0.2, 0.25) is 0 Å². The summed E-state index contributed by atoms with van der Waals surface area (Å²) in [5.41, 5.74) is 4.55. The van der Waals surface area contributed by atoms with Crippen molar-refractivity contribution in [1.29, 1.82) is 0 Å². The summed E-state index contributed by atoms with van der Waals surface area (Å²) < 4.78 is 0.812. The van der Waals surface area contributed by atoms with E-state index in [0.29, 0.717) is 18.8 Å². The molecular formula is C24H27N3O2S2. The molecule has 0 bridgehead atoms. The van der Waals surface area contributed by atoms with E-state index in [9.17, 15) is 9.59 Å². The Kier molecular flexibility index (Phi) is 6.92. The lowest BCUT2D eigenvalue weighted by Crippen LogP contribution is -2.49. The normalized spacial score (nSPS) is 16.1. The van der Waals surface area contributed by atoms with Crippen LogP contribution in [0.15, 0.2) is 48.5 Å². The number of carbonyl (C=O) groups excluding carboxylic acids is 2. The van der Waals surface area contributed by atoms with Gasteiger partial charge in [-0.2, -0.15) is 0 Å². The maximum Gasteiger partial charge on any atom is 0.233 e. The van der Waals surface area contributed by atoms with Crippen molar-refractivity contribution >= 4 is 45.7 Å². The van der Waals surface area contributed by atoms with E-state index in [1.807, 2.05) is 29.2 Å². The highest BCUT2D eigenvalue weighted by Crippen LogP contribution is 2.23. The molecule has 2 aromatic rings. The Morgan fingerprint density at radius 2 is 1.58 bits per heavy atom. The van der Waals surface area contributed by atoms with Gasteiger partial charge >= 0.3 is 0 Å². The molecule has 1 fully saturated rings. The molecule has 2 aromatic carbocycles. The highest BCUT2D eigenvalue weighted by molar-refractivity contribution is 8.23. The number of Topliss-reactive ketones (excluding diaryl/α,β-unsaturated/α-hetero) is 1. The van der Waals surface area contributed by atoms with Crippen molar-refractivity contribution in [3.8, 4) is 0 Å². The molecule has 0 N–H and O–H groups in total. The second kappa shape index (κ2) is 9.83. The SMILES string of the molecule is CC(=O)c1ccc(N2CCN(C(=O)CSC(=S)N3CCc4ccccc4C3)CC2)cc1. The van der Waals surface area contributed by atoms with E-state index >= 15 is 0 Å². The topological polar surface area (TPSA) is 43.9 Å². The van der Waals surface area contributed by atoms with Crippen LogP contribution in [0.3, 0.4) is 0 Å². The lowest BCUT2D eigenvalue weighted by molar-refractivity contribution is -0.128. The highest BCUT2D eigenvalue weighted by atomic mass is 32.2. The summed E-state index contributed by atoms with van der Waals surface area (Å²) in [6.45, 7) is 6.32. The molecule has 31 heavy (non-hydrogen) atoms. The van der Waals surface area contributed by atoms with Crippen molar-refractivity contribution in [1.82, 2.24) is 9.80 Å². The van der Waals surface area contributed by atoms with E-state index in [1.54, 1.807) is 6.92 Å². The number of carbonyl (C=O) groups is 2. The van der Waals surface area contributed by atoms with Crippen LogP contribution >= 0.6 is 24.0 Å². The van der Waals surface area contributed by atoms with Crippen molar-refractivity contribution in [2.24, 2.45) is 0 Å². The highest BCUT2D eigenvalue weighted by Gasteiger charge is 2.23. The molecular weight excluding hydrogens is 426 g/mol. The summed E-state index contributed by atoms with van der Waals surface area (Å²) in [5.74, 6) is 0.618. The minimum absolute atomic E-state index is 0.0751. The number of hydrogen-bond acceptors (Lipinski definition) is 5. The van der Waals surface area contributed by atoms with Crippen LogP contribution in [-0.2, 0) is 17.8 Å². The number of benzene rings is 2. The molecule has 4 rings (SSSR count). The Morgan fingerprint density at radius 3 is 2.26 bits per heavy atom. The molecule has 0 radical (unpaired) electrons. The van der Waals surface area contributed by atoms with Crippen molar-refractivity contribution < 1.29 is 9.59 Å². The number of rotatable bonds is 4. The molecule has 1 amide bonds. The number of anilines is 1. The lowest BCUT2D eigenvalue weighted by atomic mass is 10.0. The fourth-order valence-corrected chi connectivity index (χ4v) is 5.18. The Balaban J connectivity index is 1.23. The van der Waals surface area contributed by atoms with Crippen LogP contribution in [0.1, 0.15) is 28.4 Å². The molecule has 0 spiro atoms. The fourth-order valence-electron chi connectivity index (χ4n) is 4.08. The van der Waals surface area contributed by atoms with Crippen LogP contribution in [0.25, 0.3) is 0 Å². The monoisotopic (exact) mass is 453 g/mol. The van der Waals surface area contributed by atoms with Crippen molar-refractivity contribution in [2.75, 3.05) is 43.4 Å². The summed E-state index contributed by atoms with van der Waals surface area (Å²) in [4.78, 5) is 30.6. The maximum absolute atomic E-state index is 12.7. The van der Waals surface area contributed by atoms with E-state index < -0.39 is 0 Å². The second-order valence-electron chi connectivity index (χ2n) is 7.97. The Hall–Kier alpha value is -2.38. The van der Waals surface area contributed by atoms with Crippen LogP contribution < -0.4 is 4.90 Å². The molecule has 162 valence electrons. The van der Waals surface area contributed by atoms with Gasteiger partial charge in [0.05, 0.1) is 5.75 Å². The minimum Gasteiger partial charge on any atom is -0.368 e. The zero-order chi connectivity index (χ0) is 21.8. The Bertz CT molecular complexity index is 969. The number of ketones is 1. The van der Waals surface area contributed by atoms with Crippen molar-refractivity contribution in [3.63, 3.8) is 0 Å². The van der Waals surface area contributed by atoms with Gasteiger partial charge in [-0.1, -0.05) is 48.2 Å². The summed E-state index contributed by atoms with van der Waals surface area (Å²) in [5, 5.41) is 0. The zero-order valence-corrected chi connectivity index (χ0v) is 19.4. The van der Waals surface area contributed by atoms with Gasteiger partial charge < -0.3 is 14.7 Å². The molecule has 0 aromatic heterocycles. The van der Waals surface area contributed by atoms with E-state index in [2.05, 4.69) is 34.1 Å². The van der Waals surface area contributed by atoms with Gasteiger partial charge in [0.2, 0.25) is 5.91 Å². The molecule has 2 heterocycles. The van der Waals surface area contributed by atoms with Crippen molar-refractivity contribution in [2.45, 2.75) is 19.9 Å². The Morgan fingerprint density at radius 1 is 0.903 bits per heavy atom. The van der Waals surface area contributed by atoms with Crippen LogP contribution in [0, 0.1) is 0 Å². The fraction of sp³-hybridized carbons (Fsp3) is 0.375. The van der Waals surface area contributed by atoms with Crippen LogP contribution in [0.4, 0.5) is 5.69 Å². The number of nitrogens with zero attached hydrogens (tertiary/aromatic N) is 3. The van der Waals surface area contributed by atoms with E-state index in [1.165, 1.54) is 22.9 Å². The van der Waals surface area contributed by atoms with Gasteiger partial charge in [-0.15, -0.1) is 0 Å². The first-order chi connectivity index (χ1) is 15.0. The van der Waals surface area contributed by atoms with Gasteiger partial charge in [-0.3, -0.25) is 9.59 Å². The summed E-state index contributed by atoms with van der Waals surface area (Å²) in [7, 11) is 0. The van der Waals surface area contributed by atoms with Gasteiger partial charge in [0.15, 0.2) is 5.78 Å². The van der Waals surface area contributed by atoms with Crippen molar-refractivity contribution in [3.05, 3.63) is 65.2 Å². The lowest BCUT2D eigenvalue weighted by Gasteiger charge is -2.36. The molecule has 0 aliphatic carbocycles. The van der Waals surface area contributed by atoms with E-state index in [4.69, 9.17) is 12.2 Å². The first-order valence-electron chi connectivity index (χ1n) is 10.6. The molecule has 1 saturated heterocycles. The average molecular weight is 454 g/mol. The quantitative estimate of drug-likeness (QED) is 0.521. The van der Waals surface area contributed by atoms with Crippen LogP contribution in [0.5, 0.6) is 0 Å². The van der Waals surface area contributed by atoms with Gasteiger partial charge in [0.1, 0.15) is 4.32 Å². The molecule has 5 nitrogen and oxygen atoms in total. The predicted molar refractivity (Wildman–Crippen MR) is 131 cm³/mol. The summed E-state index contributed by atoms with van der Waals surface area (Å²) >= 11 is 7.10. The van der Waals surface area contributed by atoms with Gasteiger partial charge in [0, 0.05) is 50.5 Å². The molecule has 2 aliphatic heterocycles. The smallest absolute Gasteiger partial charge is 0.233 e. The van der Waals surface area contributed by atoms with Gasteiger partial charge in [0.25, 0.3) is 0 Å². The minimum atomic E-state index is 0.0751. The number of piperazine rings is 1. The first kappa shape index (κ1) is 21.8. The Labute approximate surface area is 193 Å². The number of amides is 1. The maximum atomic E-state index is 12.7. The van der Waals surface area contributed by atoms with Crippen LogP contribution in [-0.4, -0.2) is 64.3 Å². The average Bonchev–Trinajstić information content (AvgIpc) is 2.82. The third kappa shape index (κ3) is 5.28. The van der Waals surface area contributed by atoms with Gasteiger partial charge in [-0.05, 0) is 48.7 Å². The number of thioether (sulfide) groups is 1. The number of fused-ring (bicyclic) bond motifs is 1. The van der Waals surface area contributed by atoms with E-state index in [0.717, 1.165) is 48.2 Å². The first-order valence-corrected chi connectivity index (χ1v) is 12.0. The van der Waals surface area contributed by atoms with E-state index in [-0.39, 0.29) is 11.7 Å². The summed E-state index contributed by atoms with van der Waals surface area (Å²) in [6, 6.07) is 16.2. The summed E-state index contributed by atoms with van der Waals surface area (Å²) in [6.07, 6.45) is 1.00. The molecule has 7 heteroatoms. The molecule has 2 aliphatic rings. The second-order valence-corrected chi connectivity index (χ2v) is 9.57. The number of hydrogen-bond donors (Lipinski definition) is 0. The third-order valence-electron chi connectivity index (χ3n) is 5.98. The van der Waals surface area contributed by atoms with Gasteiger partial charge in [-0.25, -0.2) is 0 Å². The molecule has 0 unspecified atom stereocenters. The number of thiocarbonyl (C=S) groups is 1.